The number of nitrogens with one attached hydrogen (secondary N) is 2. The van der Waals surface area contributed by atoms with Crippen molar-refractivity contribution in [3.8, 4) is 11.3 Å². The Morgan fingerprint density at radius 1 is 1.05 bits per heavy atom. The normalized spacial score (nSPS) is 12.0. The molecule has 2 aromatic carbocycles. The minimum atomic E-state index is 0.322. The summed E-state index contributed by atoms with van der Waals surface area (Å²) in [5.74, 6) is 0. The quantitative estimate of drug-likeness (QED) is 0.713. The van der Waals surface area contributed by atoms with Crippen molar-refractivity contribution in [1.82, 2.24) is 10.2 Å². The van der Waals surface area contributed by atoms with Crippen LogP contribution in [-0.2, 0) is 0 Å². The standard InChI is InChI=1S/C18H19N3/c1-2-17(14-7-4-3-5-8-14)20-16-10-6-9-15(13-16)18-11-12-19-21-18/h3-13,17,20H,2H2,1H3,(H,19,21). The number of aromatic nitrogens is 2. The van der Waals surface area contributed by atoms with Gasteiger partial charge in [-0.2, -0.15) is 5.10 Å². The van der Waals surface area contributed by atoms with Gasteiger partial charge >= 0.3 is 0 Å². The van der Waals surface area contributed by atoms with Gasteiger partial charge in [-0.3, -0.25) is 5.10 Å². The largest absolute Gasteiger partial charge is 0.378 e. The van der Waals surface area contributed by atoms with Crippen LogP contribution in [0, 0.1) is 0 Å². The molecule has 0 spiro atoms. The molecule has 3 aromatic rings. The van der Waals surface area contributed by atoms with E-state index in [4.69, 9.17) is 0 Å². The molecule has 0 aliphatic rings. The number of hydrogen-bond donors (Lipinski definition) is 2. The first-order chi connectivity index (χ1) is 10.4. The molecule has 2 N–H and O–H groups in total. The third kappa shape index (κ3) is 3.14. The van der Waals surface area contributed by atoms with Crippen LogP contribution in [0.25, 0.3) is 11.3 Å². The second-order valence-corrected chi connectivity index (χ2v) is 5.07. The molecule has 0 saturated heterocycles. The average Bonchev–Trinajstić information content (AvgIpc) is 3.08. The average molecular weight is 277 g/mol. The number of benzene rings is 2. The highest BCUT2D eigenvalue weighted by Gasteiger charge is 2.09. The highest BCUT2D eigenvalue weighted by atomic mass is 15.1. The fourth-order valence-electron chi connectivity index (χ4n) is 2.50. The van der Waals surface area contributed by atoms with Crippen molar-refractivity contribution >= 4 is 5.69 Å². The molecule has 0 bridgehead atoms. The summed E-state index contributed by atoms with van der Waals surface area (Å²) >= 11 is 0. The van der Waals surface area contributed by atoms with Gasteiger partial charge in [-0.15, -0.1) is 0 Å². The lowest BCUT2D eigenvalue weighted by atomic mass is 10.0. The van der Waals surface area contributed by atoms with Gasteiger partial charge in [0, 0.05) is 17.4 Å². The molecule has 1 aromatic heterocycles. The van der Waals surface area contributed by atoms with Gasteiger partial charge in [0.2, 0.25) is 0 Å². The zero-order valence-electron chi connectivity index (χ0n) is 12.1. The van der Waals surface area contributed by atoms with Crippen molar-refractivity contribution in [3.63, 3.8) is 0 Å². The van der Waals surface area contributed by atoms with Crippen LogP contribution in [0.4, 0.5) is 5.69 Å². The van der Waals surface area contributed by atoms with Gasteiger partial charge in [-0.05, 0) is 30.2 Å². The molecule has 0 aliphatic carbocycles. The van der Waals surface area contributed by atoms with Crippen LogP contribution in [0.1, 0.15) is 24.9 Å². The molecular formula is C18H19N3. The number of anilines is 1. The molecule has 106 valence electrons. The van der Waals surface area contributed by atoms with Crippen LogP contribution < -0.4 is 5.32 Å². The smallest absolute Gasteiger partial charge is 0.0650 e. The molecule has 3 nitrogen and oxygen atoms in total. The summed E-state index contributed by atoms with van der Waals surface area (Å²) in [5.41, 5.74) is 4.61. The second-order valence-electron chi connectivity index (χ2n) is 5.07. The van der Waals surface area contributed by atoms with Gasteiger partial charge in [0.05, 0.1) is 11.7 Å². The summed E-state index contributed by atoms with van der Waals surface area (Å²) in [6.07, 6.45) is 2.81. The van der Waals surface area contributed by atoms with E-state index in [1.807, 2.05) is 6.07 Å². The highest BCUT2D eigenvalue weighted by Crippen LogP contribution is 2.25. The van der Waals surface area contributed by atoms with E-state index in [1.54, 1.807) is 6.20 Å². The first kappa shape index (κ1) is 13.4. The zero-order chi connectivity index (χ0) is 14.5. The Bertz CT molecular complexity index is 675. The van der Waals surface area contributed by atoms with Gasteiger partial charge in [-0.1, -0.05) is 49.4 Å². The van der Waals surface area contributed by atoms with E-state index in [0.717, 1.165) is 23.4 Å². The van der Waals surface area contributed by atoms with Crippen molar-refractivity contribution in [2.75, 3.05) is 5.32 Å². The molecule has 1 atom stereocenters. The van der Waals surface area contributed by atoms with Crippen molar-refractivity contribution in [2.45, 2.75) is 19.4 Å². The predicted molar refractivity (Wildman–Crippen MR) is 87.1 cm³/mol. The van der Waals surface area contributed by atoms with E-state index in [0.29, 0.717) is 6.04 Å². The van der Waals surface area contributed by atoms with E-state index in [2.05, 4.69) is 77.0 Å². The second kappa shape index (κ2) is 6.27. The Balaban J connectivity index is 1.82. The Kier molecular flexibility index (Phi) is 4.01. The maximum atomic E-state index is 4.01. The number of nitrogens with zero attached hydrogens (tertiary/aromatic N) is 1. The number of rotatable bonds is 5. The molecule has 3 rings (SSSR count). The van der Waals surface area contributed by atoms with Crippen LogP contribution in [0.2, 0.25) is 0 Å². The molecule has 1 unspecified atom stereocenters. The molecule has 21 heavy (non-hydrogen) atoms. The minimum Gasteiger partial charge on any atom is -0.378 e. The summed E-state index contributed by atoms with van der Waals surface area (Å²) in [6, 6.07) is 21.3. The SMILES string of the molecule is CCC(Nc1cccc(-c2ccn[nH]2)c1)c1ccccc1. The van der Waals surface area contributed by atoms with Crippen LogP contribution in [0.3, 0.4) is 0 Å². The number of H-pyrrole nitrogens is 1. The van der Waals surface area contributed by atoms with Gasteiger partial charge in [-0.25, -0.2) is 0 Å². The van der Waals surface area contributed by atoms with Crippen molar-refractivity contribution < 1.29 is 0 Å². The van der Waals surface area contributed by atoms with Crippen molar-refractivity contribution in [3.05, 3.63) is 72.4 Å². The first-order valence-corrected chi connectivity index (χ1v) is 7.28. The molecule has 0 amide bonds. The summed E-state index contributed by atoms with van der Waals surface area (Å²) in [6.45, 7) is 2.20. The summed E-state index contributed by atoms with van der Waals surface area (Å²) in [4.78, 5) is 0. The maximum Gasteiger partial charge on any atom is 0.0650 e. The van der Waals surface area contributed by atoms with Crippen LogP contribution in [0.15, 0.2) is 66.9 Å². The van der Waals surface area contributed by atoms with E-state index >= 15 is 0 Å². The minimum absolute atomic E-state index is 0.322. The summed E-state index contributed by atoms with van der Waals surface area (Å²) in [7, 11) is 0. The lowest BCUT2D eigenvalue weighted by molar-refractivity contribution is 0.749. The molecule has 0 fully saturated rings. The third-order valence-electron chi connectivity index (χ3n) is 3.63. The fourth-order valence-corrected chi connectivity index (χ4v) is 2.50. The molecular weight excluding hydrogens is 258 g/mol. The first-order valence-electron chi connectivity index (χ1n) is 7.28. The molecule has 0 aliphatic heterocycles. The Hall–Kier alpha value is -2.55. The number of aromatic amines is 1. The topological polar surface area (TPSA) is 40.7 Å². The van der Waals surface area contributed by atoms with Gasteiger partial charge < -0.3 is 5.32 Å². The Morgan fingerprint density at radius 3 is 2.62 bits per heavy atom. The van der Waals surface area contributed by atoms with Crippen molar-refractivity contribution in [1.29, 1.82) is 0 Å². The summed E-state index contributed by atoms with van der Waals surface area (Å²) in [5, 5.41) is 10.6. The molecule has 3 heteroatoms. The van der Waals surface area contributed by atoms with E-state index in [1.165, 1.54) is 5.56 Å². The van der Waals surface area contributed by atoms with Crippen LogP contribution >= 0.6 is 0 Å². The monoisotopic (exact) mass is 277 g/mol. The lowest BCUT2D eigenvalue weighted by Gasteiger charge is -2.19. The van der Waals surface area contributed by atoms with Gasteiger partial charge in [0.25, 0.3) is 0 Å². The highest BCUT2D eigenvalue weighted by molar-refractivity contribution is 5.65. The fraction of sp³-hybridized carbons (Fsp3) is 0.167. The van der Waals surface area contributed by atoms with Crippen LogP contribution in [0.5, 0.6) is 0 Å². The van der Waals surface area contributed by atoms with E-state index < -0.39 is 0 Å². The van der Waals surface area contributed by atoms with E-state index in [9.17, 15) is 0 Å². The van der Waals surface area contributed by atoms with Crippen LogP contribution in [-0.4, -0.2) is 10.2 Å². The third-order valence-corrected chi connectivity index (χ3v) is 3.63. The van der Waals surface area contributed by atoms with Gasteiger partial charge in [0.1, 0.15) is 0 Å². The predicted octanol–water partition coefficient (Wildman–Crippen LogP) is 4.64. The lowest BCUT2D eigenvalue weighted by Crippen LogP contribution is -2.09. The molecule has 0 radical (unpaired) electrons. The Labute approximate surface area is 125 Å². The maximum absolute atomic E-state index is 4.01. The Morgan fingerprint density at radius 2 is 1.90 bits per heavy atom. The zero-order valence-corrected chi connectivity index (χ0v) is 12.1. The summed E-state index contributed by atoms with van der Waals surface area (Å²) < 4.78 is 0. The number of hydrogen-bond acceptors (Lipinski definition) is 2. The van der Waals surface area contributed by atoms with Gasteiger partial charge in [0.15, 0.2) is 0 Å². The van der Waals surface area contributed by atoms with E-state index in [-0.39, 0.29) is 0 Å². The van der Waals surface area contributed by atoms with Crippen molar-refractivity contribution in [2.24, 2.45) is 0 Å². The molecule has 1 heterocycles. The molecule has 0 saturated carbocycles.